The predicted octanol–water partition coefficient (Wildman–Crippen LogP) is 0.900. The summed E-state index contributed by atoms with van der Waals surface area (Å²) >= 11 is 0. The van der Waals surface area contributed by atoms with Crippen LogP contribution in [0.1, 0.15) is 32.0 Å². The Hall–Kier alpha value is -0.850. The molecule has 1 aliphatic rings. The van der Waals surface area contributed by atoms with Gasteiger partial charge in [-0.15, -0.1) is 35.0 Å². The molecule has 0 unspecified atom stereocenters. The van der Waals surface area contributed by atoms with Gasteiger partial charge in [0.25, 0.3) is 0 Å². The Kier molecular flexibility index (Phi) is 8.71. The van der Waals surface area contributed by atoms with Crippen LogP contribution in [0.3, 0.4) is 0 Å². The van der Waals surface area contributed by atoms with E-state index in [0.717, 1.165) is 38.2 Å². The van der Waals surface area contributed by atoms with Gasteiger partial charge in [0.2, 0.25) is 5.91 Å². The van der Waals surface area contributed by atoms with Gasteiger partial charge >= 0.3 is 0 Å². The second kappa shape index (κ2) is 9.12. The van der Waals surface area contributed by atoms with E-state index in [-0.39, 0.29) is 36.8 Å². The summed E-state index contributed by atoms with van der Waals surface area (Å²) < 4.78 is 1.93. The number of hydrogen-bond acceptors (Lipinski definition) is 4. The molecule has 1 fully saturated rings. The first-order valence-corrected chi connectivity index (χ1v) is 6.19. The van der Waals surface area contributed by atoms with Gasteiger partial charge in [0.15, 0.2) is 5.82 Å². The molecule has 1 aromatic rings. The van der Waals surface area contributed by atoms with Crippen molar-refractivity contribution < 1.29 is 4.79 Å². The third-order valence-corrected chi connectivity index (χ3v) is 3.08. The van der Waals surface area contributed by atoms with Gasteiger partial charge < -0.3 is 15.2 Å². The van der Waals surface area contributed by atoms with E-state index in [4.69, 9.17) is 0 Å². The fourth-order valence-electron chi connectivity index (χ4n) is 2.04. The van der Waals surface area contributed by atoms with Crippen molar-refractivity contribution in [2.24, 2.45) is 0 Å². The molecule has 1 aliphatic heterocycles. The van der Waals surface area contributed by atoms with Crippen LogP contribution in [0.25, 0.3) is 0 Å². The molecule has 0 bridgehead atoms. The first kappa shape index (κ1) is 18.1. The van der Waals surface area contributed by atoms with E-state index in [1.54, 1.807) is 6.33 Å². The average Bonchev–Trinajstić information content (AvgIpc) is 2.84. The van der Waals surface area contributed by atoms with E-state index in [0.29, 0.717) is 6.54 Å². The SMILES string of the molecule is CCn1cnnc1CNC(=O)[C@@H]1CCCCN1.Cl.Cl. The second-order valence-electron chi connectivity index (χ2n) is 4.25. The molecule has 0 radical (unpaired) electrons. The van der Waals surface area contributed by atoms with Crippen LogP contribution < -0.4 is 10.6 Å². The predicted molar refractivity (Wildman–Crippen MR) is 77.7 cm³/mol. The normalized spacial score (nSPS) is 18.1. The highest BCUT2D eigenvalue weighted by Crippen LogP contribution is 2.07. The summed E-state index contributed by atoms with van der Waals surface area (Å²) in [5, 5.41) is 13.9. The quantitative estimate of drug-likeness (QED) is 0.867. The number of halogens is 2. The van der Waals surface area contributed by atoms with Crippen LogP contribution >= 0.6 is 24.8 Å². The van der Waals surface area contributed by atoms with E-state index < -0.39 is 0 Å². The molecule has 110 valence electrons. The highest BCUT2D eigenvalue weighted by Gasteiger charge is 2.20. The Bertz CT molecular complexity index is 379. The van der Waals surface area contributed by atoms with E-state index in [9.17, 15) is 4.79 Å². The summed E-state index contributed by atoms with van der Waals surface area (Å²) in [5.74, 6) is 0.868. The Morgan fingerprint density at radius 2 is 2.32 bits per heavy atom. The lowest BCUT2D eigenvalue weighted by Gasteiger charge is -2.22. The maximum absolute atomic E-state index is 11.9. The lowest BCUT2D eigenvalue weighted by atomic mass is 10.0. The number of hydrogen-bond donors (Lipinski definition) is 2. The van der Waals surface area contributed by atoms with Gasteiger partial charge in [0.1, 0.15) is 6.33 Å². The Morgan fingerprint density at radius 3 is 2.95 bits per heavy atom. The molecule has 8 heteroatoms. The molecule has 1 aromatic heterocycles. The fourth-order valence-corrected chi connectivity index (χ4v) is 2.04. The lowest BCUT2D eigenvalue weighted by Crippen LogP contribution is -2.46. The van der Waals surface area contributed by atoms with Crippen molar-refractivity contribution in [3.8, 4) is 0 Å². The summed E-state index contributed by atoms with van der Waals surface area (Å²) in [6, 6.07) is -0.0400. The van der Waals surface area contributed by atoms with E-state index in [1.165, 1.54) is 0 Å². The number of nitrogens with one attached hydrogen (secondary N) is 2. The molecular formula is C11H21Cl2N5O. The summed E-state index contributed by atoms with van der Waals surface area (Å²) in [6.07, 6.45) is 4.89. The van der Waals surface area contributed by atoms with Gasteiger partial charge in [-0.05, 0) is 26.3 Å². The Morgan fingerprint density at radius 1 is 1.53 bits per heavy atom. The van der Waals surface area contributed by atoms with Gasteiger partial charge in [-0.25, -0.2) is 0 Å². The number of aromatic nitrogens is 3. The lowest BCUT2D eigenvalue weighted by molar-refractivity contribution is -0.123. The van der Waals surface area contributed by atoms with Crippen LogP contribution in [-0.4, -0.2) is 33.3 Å². The highest BCUT2D eigenvalue weighted by atomic mass is 35.5. The molecule has 2 rings (SSSR count). The molecule has 0 spiro atoms. The number of nitrogens with zero attached hydrogens (tertiary/aromatic N) is 3. The van der Waals surface area contributed by atoms with E-state index >= 15 is 0 Å². The molecule has 0 aromatic carbocycles. The molecule has 2 heterocycles. The molecule has 1 saturated heterocycles. The smallest absolute Gasteiger partial charge is 0.237 e. The summed E-state index contributed by atoms with van der Waals surface area (Å²) in [7, 11) is 0. The summed E-state index contributed by atoms with van der Waals surface area (Å²) in [5.41, 5.74) is 0. The fraction of sp³-hybridized carbons (Fsp3) is 0.727. The van der Waals surface area contributed by atoms with Crippen LogP contribution in [0.5, 0.6) is 0 Å². The average molecular weight is 310 g/mol. The molecule has 1 amide bonds. The number of piperidine rings is 1. The number of amides is 1. The zero-order chi connectivity index (χ0) is 12.1. The third kappa shape index (κ3) is 4.97. The van der Waals surface area contributed by atoms with Crippen molar-refractivity contribution in [3.63, 3.8) is 0 Å². The molecule has 2 N–H and O–H groups in total. The van der Waals surface area contributed by atoms with E-state index in [1.807, 2.05) is 11.5 Å². The van der Waals surface area contributed by atoms with Gasteiger partial charge in [-0.2, -0.15) is 0 Å². The topological polar surface area (TPSA) is 71.8 Å². The first-order valence-electron chi connectivity index (χ1n) is 6.19. The van der Waals surface area contributed by atoms with Crippen LogP contribution in [0.4, 0.5) is 0 Å². The van der Waals surface area contributed by atoms with E-state index in [2.05, 4.69) is 20.8 Å². The maximum atomic E-state index is 11.9. The minimum Gasteiger partial charge on any atom is -0.347 e. The summed E-state index contributed by atoms with van der Waals surface area (Å²) in [6.45, 7) is 4.23. The van der Waals surface area contributed by atoms with Crippen molar-refractivity contribution in [1.29, 1.82) is 0 Å². The minimum atomic E-state index is -0.0400. The zero-order valence-corrected chi connectivity index (χ0v) is 12.6. The van der Waals surface area contributed by atoms with Crippen LogP contribution in [0.15, 0.2) is 6.33 Å². The van der Waals surface area contributed by atoms with Crippen molar-refractivity contribution >= 4 is 30.7 Å². The summed E-state index contributed by atoms with van der Waals surface area (Å²) in [4.78, 5) is 11.9. The zero-order valence-electron chi connectivity index (χ0n) is 11.0. The van der Waals surface area contributed by atoms with Gasteiger partial charge in [0.05, 0.1) is 12.6 Å². The number of carbonyl (C=O) groups excluding carboxylic acids is 1. The largest absolute Gasteiger partial charge is 0.347 e. The van der Waals surface area contributed by atoms with Crippen LogP contribution in [0, 0.1) is 0 Å². The molecule has 0 aliphatic carbocycles. The second-order valence-corrected chi connectivity index (χ2v) is 4.25. The van der Waals surface area contributed by atoms with Crippen molar-refractivity contribution in [2.75, 3.05) is 6.54 Å². The highest BCUT2D eigenvalue weighted by molar-refractivity contribution is 5.85. The standard InChI is InChI=1S/C11H19N5O.2ClH/c1-2-16-8-14-15-10(16)7-13-11(17)9-5-3-4-6-12-9;;/h8-9,12H,2-7H2,1H3,(H,13,17);2*1H/t9-;;/m0../s1. The van der Waals surface area contributed by atoms with Gasteiger partial charge in [0, 0.05) is 6.54 Å². The van der Waals surface area contributed by atoms with Gasteiger partial charge in [-0.3, -0.25) is 4.79 Å². The molecule has 19 heavy (non-hydrogen) atoms. The molecule has 1 atom stereocenters. The van der Waals surface area contributed by atoms with Crippen molar-refractivity contribution in [1.82, 2.24) is 25.4 Å². The van der Waals surface area contributed by atoms with Crippen molar-refractivity contribution in [2.45, 2.75) is 45.3 Å². The van der Waals surface area contributed by atoms with Gasteiger partial charge in [-0.1, -0.05) is 6.42 Å². The monoisotopic (exact) mass is 309 g/mol. The molecule has 0 saturated carbocycles. The first-order chi connectivity index (χ1) is 8.31. The number of rotatable bonds is 4. The maximum Gasteiger partial charge on any atom is 0.237 e. The third-order valence-electron chi connectivity index (χ3n) is 3.08. The van der Waals surface area contributed by atoms with Crippen molar-refractivity contribution in [3.05, 3.63) is 12.2 Å². The van der Waals surface area contributed by atoms with Crippen LogP contribution in [0.2, 0.25) is 0 Å². The molecular weight excluding hydrogens is 289 g/mol. The number of carbonyl (C=O) groups is 1. The minimum absolute atomic E-state index is 0. The van der Waals surface area contributed by atoms with Crippen LogP contribution in [-0.2, 0) is 17.9 Å². The molecule has 6 nitrogen and oxygen atoms in total. The Balaban J connectivity index is 0.00000162. The number of aryl methyl sites for hydroxylation is 1. The Labute approximate surface area is 125 Å².